The highest BCUT2D eigenvalue weighted by Crippen LogP contribution is 1.72. The molecule has 0 rings (SSSR count). The molecule has 0 atom stereocenters. The van der Waals surface area contributed by atoms with E-state index in [9.17, 15) is 14.4 Å². The number of nitrogens with one attached hydrogen (secondary N) is 2. The molecule has 2 amide bonds. The zero-order chi connectivity index (χ0) is 9.40. The van der Waals surface area contributed by atoms with Crippen LogP contribution in [0, 0.1) is 0 Å². The number of rotatable bonds is 5. The minimum atomic E-state index is -1.10. The first kappa shape index (κ1) is 10.4. The summed E-state index contributed by atoms with van der Waals surface area (Å²) in [5, 5.41) is 12.5. The fourth-order valence-corrected chi connectivity index (χ4v) is 0.537. The van der Waals surface area contributed by atoms with E-state index in [4.69, 9.17) is 5.11 Å². The maximum absolute atomic E-state index is 10.3. The number of carbonyl (C=O) groups is 3. The Hall–Kier alpha value is -1.59. The van der Waals surface area contributed by atoms with E-state index in [0.29, 0.717) is 6.42 Å². The number of amides is 2. The van der Waals surface area contributed by atoms with Crippen molar-refractivity contribution in [3.05, 3.63) is 0 Å². The van der Waals surface area contributed by atoms with Crippen LogP contribution in [0.5, 0.6) is 0 Å². The molecule has 0 bridgehead atoms. The lowest BCUT2D eigenvalue weighted by Gasteiger charge is -2.00. The standard InChI is InChI=1S/C6H10N2O4/c9-4-5(10)7-2-1-3-8-6(11)12/h4,8H,1-3H2,(H,7,10)(H,11,12). The van der Waals surface area contributed by atoms with E-state index < -0.39 is 12.0 Å². The SMILES string of the molecule is O=CC(=O)NCCCNC(=O)O. The first-order chi connectivity index (χ1) is 5.66. The summed E-state index contributed by atoms with van der Waals surface area (Å²) in [4.78, 5) is 29.9. The summed E-state index contributed by atoms with van der Waals surface area (Å²) in [6, 6.07) is 0. The molecule has 0 aromatic heterocycles. The van der Waals surface area contributed by atoms with Crippen LogP contribution >= 0.6 is 0 Å². The molecule has 0 aliphatic heterocycles. The maximum Gasteiger partial charge on any atom is 0.404 e. The second-order valence-corrected chi connectivity index (χ2v) is 1.99. The Kier molecular flexibility index (Phi) is 5.33. The van der Waals surface area contributed by atoms with E-state index in [1.54, 1.807) is 0 Å². The Morgan fingerprint density at radius 2 is 1.83 bits per heavy atom. The van der Waals surface area contributed by atoms with Crippen molar-refractivity contribution in [3.8, 4) is 0 Å². The van der Waals surface area contributed by atoms with Gasteiger partial charge in [0.25, 0.3) is 5.91 Å². The van der Waals surface area contributed by atoms with Gasteiger partial charge in [-0.1, -0.05) is 0 Å². The van der Waals surface area contributed by atoms with Crippen molar-refractivity contribution in [2.75, 3.05) is 13.1 Å². The van der Waals surface area contributed by atoms with Crippen molar-refractivity contribution >= 4 is 18.3 Å². The van der Waals surface area contributed by atoms with Crippen molar-refractivity contribution in [3.63, 3.8) is 0 Å². The lowest BCUT2D eigenvalue weighted by molar-refractivity contribution is -0.131. The van der Waals surface area contributed by atoms with Gasteiger partial charge in [0.05, 0.1) is 0 Å². The van der Waals surface area contributed by atoms with Crippen molar-refractivity contribution < 1.29 is 19.5 Å². The highest BCUT2D eigenvalue weighted by Gasteiger charge is 1.96. The molecule has 0 aliphatic carbocycles. The molecule has 0 spiro atoms. The van der Waals surface area contributed by atoms with Crippen LogP contribution in [0.15, 0.2) is 0 Å². The number of hydrogen-bond donors (Lipinski definition) is 3. The van der Waals surface area contributed by atoms with Gasteiger partial charge in [0, 0.05) is 13.1 Å². The summed E-state index contributed by atoms with van der Waals surface area (Å²) in [5.41, 5.74) is 0. The van der Waals surface area contributed by atoms with Crippen LogP contribution in [0.2, 0.25) is 0 Å². The van der Waals surface area contributed by atoms with Crippen LogP contribution in [0.25, 0.3) is 0 Å². The second kappa shape index (κ2) is 6.14. The smallest absolute Gasteiger partial charge is 0.404 e. The highest BCUT2D eigenvalue weighted by molar-refractivity contribution is 6.23. The summed E-state index contributed by atoms with van der Waals surface area (Å²) in [6.45, 7) is 0.548. The lowest BCUT2D eigenvalue weighted by Crippen LogP contribution is -2.29. The molecule has 0 radical (unpaired) electrons. The number of aldehydes is 1. The fraction of sp³-hybridized carbons (Fsp3) is 0.500. The molecule has 3 N–H and O–H groups in total. The average molecular weight is 174 g/mol. The average Bonchev–Trinajstić information content (AvgIpc) is 2.03. The van der Waals surface area contributed by atoms with Crippen molar-refractivity contribution in [1.82, 2.24) is 10.6 Å². The Labute approximate surface area is 68.9 Å². The third-order valence-corrected chi connectivity index (χ3v) is 1.04. The normalized spacial score (nSPS) is 8.67. The highest BCUT2D eigenvalue weighted by atomic mass is 16.4. The van der Waals surface area contributed by atoms with Gasteiger partial charge in [0.2, 0.25) is 6.29 Å². The molecule has 6 heteroatoms. The largest absolute Gasteiger partial charge is 0.465 e. The minimum absolute atomic E-state index is 0.171. The van der Waals surface area contributed by atoms with E-state index >= 15 is 0 Å². The van der Waals surface area contributed by atoms with Crippen LogP contribution in [-0.4, -0.2) is 36.5 Å². The monoisotopic (exact) mass is 174 g/mol. The van der Waals surface area contributed by atoms with E-state index in [0.717, 1.165) is 0 Å². The summed E-state index contributed by atoms with van der Waals surface area (Å²) in [6.07, 6.45) is -0.465. The Morgan fingerprint density at radius 1 is 1.25 bits per heavy atom. The molecular weight excluding hydrogens is 164 g/mol. The quantitative estimate of drug-likeness (QED) is 0.282. The van der Waals surface area contributed by atoms with Crippen LogP contribution in [0.4, 0.5) is 4.79 Å². The van der Waals surface area contributed by atoms with Gasteiger partial charge in [-0.05, 0) is 6.42 Å². The zero-order valence-electron chi connectivity index (χ0n) is 6.37. The molecule has 68 valence electrons. The zero-order valence-corrected chi connectivity index (χ0v) is 6.37. The van der Waals surface area contributed by atoms with Crippen LogP contribution in [-0.2, 0) is 9.59 Å². The van der Waals surface area contributed by atoms with Gasteiger partial charge in [-0.3, -0.25) is 9.59 Å². The van der Waals surface area contributed by atoms with Gasteiger partial charge < -0.3 is 15.7 Å². The van der Waals surface area contributed by atoms with Crippen LogP contribution in [0.3, 0.4) is 0 Å². The number of carboxylic acid groups (broad SMARTS) is 1. The molecule has 0 aromatic carbocycles. The molecule has 0 heterocycles. The second-order valence-electron chi connectivity index (χ2n) is 1.99. The van der Waals surface area contributed by atoms with Crippen molar-refractivity contribution in [1.29, 1.82) is 0 Å². The predicted molar refractivity (Wildman–Crippen MR) is 39.7 cm³/mol. The van der Waals surface area contributed by atoms with Crippen molar-refractivity contribution in [2.24, 2.45) is 0 Å². The summed E-state index contributed by atoms with van der Waals surface area (Å²) >= 11 is 0. The van der Waals surface area contributed by atoms with Gasteiger partial charge in [0.15, 0.2) is 0 Å². The first-order valence-corrected chi connectivity index (χ1v) is 3.36. The van der Waals surface area contributed by atoms with Crippen LogP contribution < -0.4 is 10.6 Å². The molecule has 0 saturated heterocycles. The lowest BCUT2D eigenvalue weighted by atomic mass is 10.4. The molecule has 0 unspecified atom stereocenters. The summed E-state index contributed by atoms with van der Waals surface area (Å²) < 4.78 is 0. The molecule has 12 heavy (non-hydrogen) atoms. The van der Waals surface area contributed by atoms with E-state index in [-0.39, 0.29) is 19.4 Å². The van der Waals surface area contributed by atoms with Gasteiger partial charge in [-0.25, -0.2) is 4.79 Å². The van der Waals surface area contributed by atoms with E-state index in [2.05, 4.69) is 10.6 Å². The topological polar surface area (TPSA) is 95.5 Å². The molecule has 0 fully saturated rings. The Balaban J connectivity index is 3.16. The molecule has 6 nitrogen and oxygen atoms in total. The Morgan fingerprint density at radius 3 is 2.33 bits per heavy atom. The fourth-order valence-electron chi connectivity index (χ4n) is 0.537. The summed E-state index contributed by atoms with van der Waals surface area (Å²) in [5.74, 6) is -0.690. The molecule has 0 aromatic rings. The number of hydrogen-bond acceptors (Lipinski definition) is 3. The maximum atomic E-state index is 10.3. The minimum Gasteiger partial charge on any atom is -0.465 e. The molecule has 0 saturated carbocycles. The third-order valence-electron chi connectivity index (χ3n) is 1.04. The van der Waals surface area contributed by atoms with E-state index in [1.165, 1.54) is 0 Å². The van der Waals surface area contributed by atoms with Crippen LogP contribution in [0.1, 0.15) is 6.42 Å². The summed E-state index contributed by atoms with van der Waals surface area (Å²) in [7, 11) is 0. The van der Waals surface area contributed by atoms with E-state index in [1.807, 2.05) is 0 Å². The molecule has 0 aliphatic rings. The van der Waals surface area contributed by atoms with Gasteiger partial charge in [-0.15, -0.1) is 0 Å². The first-order valence-electron chi connectivity index (χ1n) is 3.36. The molecular formula is C6H10N2O4. The van der Waals surface area contributed by atoms with Crippen molar-refractivity contribution in [2.45, 2.75) is 6.42 Å². The number of carbonyl (C=O) groups excluding carboxylic acids is 2. The third kappa shape index (κ3) is 6.53. The van der Waals surface area contributed by atoms with Gasteiger partial charge in [0.1, 0.15) is 0 Å². The van der Waals surface area contributed by atoms with Gasteiger partial charge >= 0.3 is 6.09 Å². The Bertz CT molecular complexity index is 180. The predicted octanol–water partition coefficient (Wildman–Crippen LogP) is -1.04. The van der Waals surface area contributed by atoms with Gasteiger partial charge in [-0.2, -0.15) is 0 Å².